The van der Waals surface area contributed by atoms with Crippen LogP contribution in [0.4, 0.5) is 11.4 Å². The highest BCUT2D eigenvalue weighted by Gasteiger charge is 2.20. The molecule has 6 heteroatoms. The minimum Gasteiger partial charge on any atom is -0.755 e. The van der Waals surface area contributed by atoms with Gasteiger partial charge in [-0.05, 0) is 61.0 Å². The number of amidine groups is 1. The Morgan fingerprint density at radius 1 is 1.25 bits per heavy atom. The summed E-state index contributed by atoms with van der Waals surface area (Å²) in [5, 5.41) is 21.8. The molecule has 4 rings (SSSR count). The summed E-state index contributed by atoms with van der Waals surface area (Å²) in [5.41, 5.74) is 4.00. The van der Waals surface area contributed by atoms with E-state index in [-0.39, 0.29) is 0 Å². The van der Waals surface area contributed by atoms with Gasteiger partial charge in [-0.3, -0.25) is 4.90 Å². The first-order chi connectivity index (χ1) is 11.7. The van der Waals surface area contributed by atoms with Gasteiger partial charge in [0.2, 0.25) is 0 Å². The van der Waals surface area contributed by atoms with Crippen molar-refractivity contribution < 1.29 is 4.74 Å². The summed E-state index contributed by atoms with van der Waals surface area (Å²) in [6.07, 6.45) is 3.84. The maximum Gasteiger partial charge on any atom is 0.0594 e. The van der Waals surface area contributed by atoms with Gasteiger partial charge < -0.3 is 25.5 Å². The van der Waals surface area contributed by atoms with Crippen LogP contribution < -0.4 is 5.17 Å². The van der Waals surface area contributed by atoms with E-state index >= 15 is 0 Å². The normalized spacial score (nSPS) is 23.5. The van der Waals surface area contributed by atoms with Crippen molar-refractivity contribution in [1.29, 1.82) is 0 Å². The molecule has 0 N–H and O–H groups in total. The second-order valence-corrected chi connectivity index (χ2v) is 7.08. The van der Waals surface area contributed by atoms with Crippen LogP contribution in [-0.2, 0) is 17.6 Å². The van der Waals surface area contributed by atoms with Crippen LogP contribution in [0.5, 0.6) is 0 Å². The number of morpholine rings is 1. The van der Waals surface area contributed by atoms with Gasteiger partial charge in [0, 0.05) is 18.8 Å². The van der Waals surface area contributed by atoms with Gasteiger partial charge in [0.15, 0.2) is 0 Å². The molecule has 1 unspecified atom stereocenters. The quantitative estimate of drug-likeness (QED) is 0.851. The summed E-state index contributed by atoms with van der Waals surface area (Å²) in [5.74, 6) is 1.30. The number of hydrazone groups is 1. The maximum absolute atomic E-state index is 12.3. The molecular weight excluding hydrogens is 304 g/mol. The molecule has 1 aromatic rings. The third kappa shape index (κ3) is 3.27. The Hall–Kier alpha value is -1.63. The van der Waals surface area contributed by atoms with Gasteiger partial charge in [0.05, 0.1) is 13.2 Å². The second-order valence-electron chi connectivity index (χ2n) is 7.08. The summed E-state index contributed by atoms with van der Waals surface area (Å²) < 4.78 is 5.36. The van der Waals surface area contributed by atoms with E-state index in [2.05, 4.69) is 28.3 Å². The Labute approximate surface area is 143 Å². The first kappa shape index (κ1) is 15.9. The molecule has 6 nitrogen and oxygen atoms in total. The lowest BCUT2D eigenvalue weighted by Crippen LogP contribution is -2.37. The van der Waals surface area contributed by atoms with Crippen LogP contribution in [0.2, 0.25) is 0 Å². The highest BCUT2D eigenvalue weighted by Crippen LogP contribution is 2.42. The maximum atomic E-state index is 12.3. The lowest BCUT2D eigenvalue weighted by atomic mass is 10.1. The SMILES string of the molecule is CC1Cc2cc3c(cc2C1)N([O-])N=C(CCCN1CCOCC1)[N-]3. The zero-order valence-electron chi connectivity index (χ0n) is 14.2. The van der Waals surface area contributed by atoms with E-state index < -0.39 is 0 Å². The molecule has 0 amide bonds. The number of benzene rings is 1. The van der Waals surface area contributed by atoms with Crippen molar-refractivity contribution >= 4 is 17.2 Å². The summed E-state index contributed by atoms with van der Waals surface area (Å²) in [6, 6.07) is 4.08. The number of rotatable bonds is 4. The van der Waals surface area contributed by atoms with Crippen molar-refractivity contribution in [3.63, 3.8) is 0 Å². The van der Waals surface area contributed by atoms with Crippen molar-refractivity contribution in [2.24, 2.45) is 11.0 Å². The smallest absolute Gasteiger partial charge is 0.0594 e. The van der Waals surface area contributed by atoms with Gasteiger partial charge in [-0.25, -0.2) is 0 Å². The van der Waals surface area contributed by atoms with Crippen molar-refractivity contribution in [2.45, 2.75) is 32.6 Å². The Morgan fingerprint density at radius 2 is 2.00 bits per heavy atom. The highest BCUT2D eigenvalue weighted by atomic mass is 16.5. The molecule has 2 aliphatic heterocycles. The van der Waals surface area contributed by atoms with E-state index in [1.807, 2.05) is 6.07 Å². The first-order valence-electron chi connectivity index (χ1n) is 8.91. The predicted octanol–water partition coefficient (Wildman–Crippen LogP) is 3.17. The van der Waals surface area contributed by atoms with Crippen LogP contribution in [0.25, 0.3) is 5.32 Å². The minimum atomic E-state index is 0.597. The molecule has 130 valence electrons. The summed E-state index contributed by atoms with van der Waals surface area (Å²) >= 11 is 0. The van der Waals surface area contributed by atoms with Gasteiger partial charge >= 0.3 is 0 Å². The topological polar surface area (TPSA) is 65.2 Å². The zero-order chi connectivity index (χ0) is 16.5. The van der Waals surface area contributed by atoms with Gasteiger partial charge in [-0.15, -0.1) is 0 Å². The Kier molecular flexibility index (Phi) is 4.43. The molecule has 0 saturated carbocycles. The average molecular weight is 328 g/mol. The second kappa shape index (κ2) is 6.70. The van der Waals surface area contributed by atoms with Crippen LogP contribution in [0.1, 0.15) is 30.9 Å². The van der Waals surface area contributed by atoms with E-state index in [9.17, 15) is 5.21 Å². The molecule has 1 atom stereocenters. The van der Waals surface area contributed by atoms with E-state index in [1.54, 1.807) is 0 Å². The van der Waals surface area contributed by atoms with E-state index in [0.717, 1.165) is 69.4 Å². The van der Waals surface area contributed by atoms with Gasteiger partial charge in [-0.1, -0.05) is 18.8 Å². The van der Waals surface area contributed by atoms with Crippen molar-refractivity contribution in [3.8, 4) is 0 Å². The average Bonchev–Trinajstić information content (AvgIpc) is 2.93. The standard InChI is InChI=1S/C18H24N4O2/c1-13-9-14-11-16-17(12-15(14)10-13)22(23)20-18(19-16)3-2-4-21-5-7-24-8-6-21/h11-13H,2-10H2,1H3/q-2. The summed E-state index contributed by atoms with van der Waals surface area (Å²) in [4.78, 5) is 2.39. The Bertz CT molecular complexity index is 640. The van der Waals surface area contributed by atoms with E-state index in [1.165, 1.54) is 11.1 Å². The van der Waals surface area contributed by atoms with Crippen LogP contribution >= 0.6 is 0 Å². The van der Waals surface area contributed by atoms with Crippen molar-refractivity contribution in [1.82, 2.24) is 4.90 Å². The molecule has 24 heavy (non-hydrogen) atoms. The summed E-state index contributed by atoms with van der Waals surface area (Å²) in [7, 11) is 0. The zero-order valence-corrected chi connectivity index (χ0v) is 14.2. The molecule has 1 fully saturated rings. The van der Waals surface area contributed by atoms with Crippen molar-refractivity contribution in [2.75, 3.05) is 38.0 Å². The molecule has 1 aliphatic carbocycles. The number of hydrogen-bond donors (Lipinski definition) is 0. The number of ether oxygens (including phenoxy) is 1. The Morgan fingerprint density at radius 3 is 2.79 bits per heavy atom. The van der Waals surface area contributed by atoms with Crippen LogP contribution in [0, 0.1) is 11.1 Å². The number of nitrogens with zero attached hydrogens (tertiary/aromatic N) is 4. The molecule has 0 radical (unpaired) electrons. The molecule has 0 spiro atoms. The molecule has 0 aromatic heterocycles. The monoisotopic (exact) mass is 328 g/mol. The summed E-state index contributed by atoms with van der Waals surface area (Å²) in [6.45, 7) is 6.87. The largest absolute Gasteiger partial charge is 0.755 e. The highest BCUT2D eigenvalue weighted by molar-refractivity contribution is 6.06. The molecule has 0 bridgehead atoms. The third-order valence-electron chi connectivity index (χ3n) is 5.07. The lowest BCUT2D eigenvalue weighted by molar-refractivity contribution is 0.0377. The molecule has 1 aromatic carbocycles. The molecule has 3 aliphatic rings. The fraction of sp³-hybridized carbons (Fsp3) is 0.611. The predicted molar refractivity (Wildman–Crippen MR) is 95.8 cm³/mol. The van der Waals surface area contributed by atoms with Gasteiger partial charge in [0.1, 0.15) is 0 Å². The van der Waals surface area contributed by atoms with E-state index in [0.29, 0.717) is 17.4 Å². The number of fused-ring (bicyclic) bond motifs is 2. The van der Waals surface area contributed by atoms with Gasteiger partial charge in [-0.2, -0.15) is 0 Å². The fourth-order valence-corrected chi connectivity index (χ4v) is 3.82. The van der Waals surface area contributed by atoms with Crippen LogP contribution in [-0.4, -0.2) is 43.6 Å². The fourth-order valence-electron chi connectivity index (χ4n) is 3.82. The number of anilines is 1. The molecular formula is C18H24N4O2-2. The molecule has 2 heterocycles. The van der Waals surface area contributed by atoms with Gasteiger partial charge in [0.25, 0.3) is 0 Å². The Balaban J connectivity index is 1.38. The minimum absolute atomic E-state index is 0.597. The first-order valence-corrected chi connectivity index (χ1v) is 8.91. The molecule has 1 saturated heterocycles. The van der Waals surface area contributed by atoms with Crippen LogP contribution in [0.3, 0.4) is 0 Å². The lowest BCUT2D eigenvalue weighted by Gasteiger charge is -2.43. The van der Waals surface area contributed by atoms with Crippen LogP contribution in [0.15, 0.2) is 17.2 Å². The number of hydrogen-bond acceptors (Lipinski definition) is 5. The third-order valence-corrected chi connectivity index (χ3v) is 5.07. The van der Waals surface area contributed by atoms with E-state index in [4.69, 9.17) is 4.74 Å². The van der Waals surface area contributed by atoms with Crippen molar-refractivity contribution in [3.05, 3.63) is 33.8 Å².